The lowest BCUT2D eigenvalue weighted by molar-refractivity contribution is 0.399. The maximum absolute atomic E-state index is 9.18. The second-order valence-electron chi connectivity index (χ2n) is 3.81. The molecule has 1 rings (SSSR count). The molecule has 3 nitrogen and oxygen atoms in total. The van der Waals surface area contributed by atoms with E-state index in [0.717, 1.165) is 11.1 Å². The van der Waals surface area contributed by atoms with Gasteiger partial charge in [-0.25, -0.2) is 0 Å². The van der Waals surface area contributed by atoms with Gasteiger partial charge in [0.25, 0.3) is 0 Å². The first-order valence-corrected chi connectivity index (χ1v) is 4.61. The summed E-state index contributed by atoms with van der Waals surface area (Å²) in [5, 5.41) is 18.4. The highest BCUT2D eigenvalue weighted by atomic mass is 16.4. The number of rotatable bonds is 3. The van der Waals surface area contributed by atoms with Gasteiger partial charge in [-0.1, -0.05) is 23.8 Å². The van der Waals surface area contributed by atoms with Crippen LogP contribution in [0.1, 0.15) is 11.1 Å². The van der Waals surface area contributed by atoms with Gasteiger partial charge in [0.1, 0.15) is 0 Å². The van der Waals surface area contributed by atoms with Gasteiger partial charge < -0.3 is 14.9 Å². The summed E-state index contributed by atoms with van der Waals surface area (Å²) in [6, 6.07) is 5.72. The van der Waals surface area contributed by atoms with Gasteiger partial charge in [0.05, 0.1) is 0 Å². The third kappa shape index (κ3) is 2.84. The van der Waals surface area contributed by atoms with Crippen molar-refractivity contribution in [2.75, 3.05) is 14.1 Å². The maximum atomic E-state index is 9.18. The van der Waals surface area contributed by atoms with Crippen molar-refractivity contribution in [1.29, 1.82) is 0 Å². The second-order valence-corrected chi connectivity index (χ2v) is 3.81. The Morgan fingerprint density at radius 3 is 2.43 bits per heavy atom. The molecule has 0 unspecified atom stereocenters. The van der Waals surface area contributed by atoms with Gasteiger partial charge in [-0.05, 0) is 32.0 Å². The minimum absolute atomic E-state index is 0.596. The molecule has 0 heterocycles. The largest absolute Gasteiger partial charge is 0.488 e. The SMILES string of the molecule is Cc1ccc(CN(C)C)c(B(O)O)c1. The standard InChI is InChI=1S/C10H16BNO2/c1-8-4-5-9(7-12(2)3)10(6-8)11(13)14/h4-6,13-14H,7H2,1-3H3. The number of hydrogen-bond acceptors (Lipinski definition) is 3. The van der Waals surface area contributed by atoms with Crippen LogP contribution < -0.4 is 5.46 Å². The lowest BCUT2D eigenvalue weighted by Crippen LogP contribution is -2.34. The molecule has 1 aromatic rings. The van der Waals surface area contributed by atoms with Gasteiger partial charge in [-0.2, -0.15) is 0 Å². The van der Waals surface area contributed by atoms with Crippen molar-refractivity contribution in [1.82, 2.24) is 4.90 Å². The maximum Gasteiger partial charge on any atom is 0.488 e. The van der Waals surface area contributed by atoms with Gasteiger partial charge >= 0.3 is 7.12 Å². The lowest BCUT2D eigenvalue weighted by Gasteiger charge is -2.14. The zero-order valence-electron chi connectivity index (χ0n) is 8.86. The molecule has 0 aliphatic carbocycles. The molecule has 0 atom stereocenters. The Hall–Kier alpha value is -0.835. The van der Waals surface area contributed by atoms with Crippen LogP contribution in [0.5, 0.6) is 0 Å². The number of benzene rings is 1. The van der Waals surface area contributed by atoms with Crippen LogP contribution in [0.25, 0.3) is 0 Å². The highest BCUT2D eigenvalue weighted by Gasteiger charge is 2.15. The molecule has 0 aliphatic rings. The average molecular weight is 193 g/mol. The zero-order chi connectivity index (χ0) is 10.7. The molecule has 76 valence electrons. The van der Waals surface area contributed by atoms with Crippen molar-refractivity contribution < 1.29 is 10.0 Å². The molecule has 0 aliphatic heterocycles. The fourth-order valence-corrected chi connectivity index (χ4v) is 1.44. The van der Waals surface area contributed by atoms with E-state index in [9.17, 15) is 10.0 Å². The Labute approximate surface area is 85.1 Å². The van der Waals surface area contributed by atoms with Gasteiger partial charge in [-0.15, -0.1) is 0 Å². The summed E-state index contributed by atoms with van der Waals surface area (Å²) >= 11 is 0. The molecule has 2 N–H and O–H groups in total. The predicted molar refractivity (Wildman–Crippen MR) is 58.4 cm³/mol. The summed E-state index contributed by atoms with van der Waals surface area (Å²) in [5.41, 5.74) is 2.59. The molecule has 0 spiro atoms. The van der Waals surface area contributed by atoms with Crippen molar-refractivity contribution in [3.8, 4) is 0 Å². The van der Waals surface area contributed by atoms with Crippen LogP contribution >= 0.6 is 0 Å². The van der Waals surface area contributed by atoms with Gasteiger partial charge in [-0.3, -0.25) is 0 Å². The third-order valence-corrected chi connectivity index (χ3v) is 2.07. The molecule has 4 heteroatoms. The van der Waals surface area contributed by atoms with E-state index in [2.05, 4.69) is 0 Å². The quantitative estimate of drug-likeness (QED) is 0.650. The first-order chi connectivity index (χ1) is 6.50. The van der Waals surface area contributed by atoms with Crippen molar-refractivity contribution in [3.05, 3.63) is 29.3 Å². The Kier molecular flexibility index (Phi) is 3.69. The molecule has 0 aromatic heterocycles. The Balaban J connectivity index is 3.02. The molecular formula is C10H16BNO2. The molecule has 0 bridgehead atoms. The van der Waals surface area contributed by atoms with E-state index in [4.69, 9.17) is 0 Å². The van der Waals surface area contributed by atoms with Gasteiger partial charge in [0.15, 0.2) is 0 Å². The smallest absolute Gasteiger partial charge is 0.423 e. The summed E-state index contributed by atoms with van der Waals surface area (Å²) < 4.78 is 0. The van der Waals surface area contributed by atoms with Crippen LogP contribution in [0, 0.1) is 6.92 Å². The van der Waals surface area contributed by atoms with Crippen LogP contribution in [0.15, 0.2) is 18.2 Å². The van der Waals surface area contributed by atoms with E-state index in [-0.39, 0.29) is 0 Å². The molecule has 1 aromatic carbocycles. The van der Waals surface area contributed by atoms with Crippen LogP contribution in [-0.2, 0) is 6.54 Å². The Morgan fingerprint density at radius 1 is 1.29 bits per heavy atom. The number of hydrogen-bond donors (Lipinski definition) is 2. The van der Waals surface area contributed by atoms with E-state index in [1.807, 2.05) is 44.1 Å². The monoisotopic (exact) mass is 193 g/mol. The van der Waals surface area contributed by atoms with Gasteiger partial charge in [0, 0.05) is 6.54 Å². The van der Waals surface area contributed by atoms with Crippen LogP contribution in [0.3, 0.4) is 0 Å². The zero-order valence-corrected chi connectivity index (χ0v) is 8.86. The molecule has 0 radical (unpaired) electrons. The predicted octanol–water partition coefficient (Wildman–Crippen LogP) is -0.264. The van der Waals surface area contributed by atoms with E-state index in [0.29, 0.717) is 12.0 Å². The van der Waals surface area contributed by atoms with E-state index in [1.54, 1.807) is 0 Å². The topological polar surface area (TPSA) is 43.7 Å². The first-order valence-electron chi connectivity index (χ1n) is 4.61. The Bertz CT molecular complexity index is 313. The molecular weight excluding hydrogens is 177 g/mol. The van der Waals surface area contributed by atoms with Crippen molar-refractivity contribution in [2.24, 2.45) is 0 Å². The summed E-state index contributed by atoms with van der Waals surface area (Å²) in [6.07, 6.45) is 0. The van der Waals surface area contributed by atoms with Gasteiger partial charge in [0.2, 0.25) is 0 Å². The van der Waals surface area contributed by atoms with Crippen molar-refractivity contribution in [3.63, 3.8) is 0 Å². The summed E-state index contributed by atoms with van der Waals surface area (Å²) in [6.45, 7) is 2.65. The number of aryl methyl sites for hydroxylation is 1. The van der Waals surface area contributed by atoms with E-state index >= 15 is 0 Å². The number of nitrogens with zero attached hydrogens (tertiary/aromatic N) is 1. The van der Waals surface area contributed by atoms with Crippen LogP contribution in [0.2, 0.25) is 0 Å². The summed E-state index contributed by atoms with van der Waals surface area (Å²) in [7, 11) is 2.52. The highest BCUT2D eigenvalue weighted by molar-refractivity contribution is 6.59. The highest BCUT2D eigenvalue weighted by Crippen LogP contribution is 2.03. The minimum atomic E-state index is -1.38. The molecule has 0 amide bonds. The molecule has 0 saturated heterocycles. The van der Waals surface area contributed by atoms with Crippen LogP contribution in [-0.4, -0.2) is 36.2 Å². The summed E-state index contributed by atoms with van der Waals surface area (Å²) in [5.74, 6) is 0. The van der Waals surface area contributed by atoms with Crippen LogP contribution in [0.4, 0.5) is 0 Å². The second kappa shape index (κ2) is 4.60. The van der Waals surface area contributed by atoms with Crippen molar-refractivity contribution >= 4 is 12.6 Å². The normalized spacial score (nSPS) is 10.7. The average Bonchev–Trinajstić information content (AvgIpc) is 2.07. The summed E-state index contributed by atoms with van der Waals surface area (Å²) in [4.78, 5) is 2.00. The van der Waals surface area contributed by atoms with Crippen molar-refractivity contribution in [2.45, 2.75) is 13.5 Å². The van der Waals surface area contributed by atoms with E-state index in [1.165, 1.54) is 0 Å². The third-order valence-electron chi connectivity index (χ3n) is 2.07. The lowest BCUT2D eigenvalue weighted by atomic mass is 9.76. The van der Waals surface area contributed by atoms with E-state index < -0.39 is 7.12 Å². The fourth-order valence-electron chi connectivity index (χ4n) is 1.44. The first kappa shape index (κ1) is 11.2. The Morgan fingerprint density at radius 2 is 1.93 bits per heavy atom. The molecule has 14 heavy (non-hydrogen) atoms. The fraction of sp³-hybridized carbons (Fsp3) is 0.400. The molecule has 0 saturated carbocycles. The molecule has 0 fully saturated rings. The minimum Gasteiger partial charge on any atom is -0.423 e.